The molecular weight excluding hydrogens is 320 g/mol. The van der Waals surface area contributed by atoms with E-state index in [0.717, 1.165) is 37.5 Å². The van der Waals surface area contributed by atoms with Crippen molar-refractivity contribution < 1.29 is 4.79 Å². The highest BCUT2D eigenvalue weighted by Crippen LogP contribution is 2.21. The van der Waals surface area contributed by atoms with Crippen LogP contribution in [-0.2, 0) is 11.3 Å². The second-order valence-corrected chi connectivity index (χ2v) is 8.14. The summed E-state index contributed by atoms with van der Waals surface area (Å²) in [6.07, 6.45) is 1.88. The monoisotopic (exact) mass is 350 g/mol. The fraction of sp³-hybridized carbons (Fsp3) is 0.650. The minimum absolute atomic E-state index is 0.153. The number of piperidine rings is 1. The molecule has 1 saturated heterocycles. The Hall–Kier alpha value is -1.06. The molecule has 0 aliphatic carbocycles. The Kier molecular flexibility index (Phi) is 7.12. The molecule has 0 radical (unpaired) electrons. The third-order valence-corrected chi connectivity index (χ3v) is 5.23. The van der Waals surface area contributed by atoms with E-state index in [1.54, 1.807) is 0 Å². The molecule has 1 fully saturated rings. The van der Waals surface area contributed by atoms with Crippen molar-refractivity contribution in [2.24, 2.45) is 17.8 Å². The third kappa shape index (κ3) is 5.49. The summed E-state index contributed by atoms with van der Waals surface area (Å²) in [6.45, 7) is 11.6. The Labute approximate surface area is 151 Å². The van der Waals surface area contributed by atoms with E-state index in [1.165, 1.54) is 5.56 Å². The van der Waals surface area contributed by atoms with E-state index in [0.29, 0.717) is 11.8 Å². The van der Waals surface area contributed by atoms with Crippen LogP contribution in [0.4, 0.5) is 0 Å². The van der Waals surface area contributed by atoms with Gasteiger partial charge in [-0.05, 0) is 55.5 Å². The van der Waals surface area contributed by atoms with Crippen molar-refractivity contribution in [2.45, 2.75) is 53.1 Å². The molecule has 0 unspecified atom stereocenters. The maximum atomic E-state index is 12.6. The molecule has 2 rings (SSSR count). The number of carbonyl (C=O) groups excluding carboxylic acids is 1. The van der Waals surface area contributed by atoms with Crippen LogP contribution in [0.1, 0.15) is 46.1 Å². The van der Waals surface area contributed by atoms with Gasteiger partial charge in [-0.15, -0.1) is 0 Å². The number of amides is 1. The van der Waals surface area contributed by atoms with E-state index in [1.807, 2.05) is 18.2 Å². The Morgan fingerprint density at radius 2 is 1.83 bits per heavy atom. The molecule has 1 aromatic rings. The molecule has 134 valence electrons. The normalized spacial score (nSPS) is 17.0. The quantitative estimate of drug-likeness (QED) is 0.827. The standard InChI is InChI=1S/C20H31ClN2O/c1-14(2)19(15(3)4)22-20(24)17-8-10-23(11-9-17)13-16-6-5-7-18(21)12-16/h5-7,12,14-15,17,19H,8-11,13H2,1-4H3,(H,22,24). The molecule has 3 nitrogen and oxygen atoms in total. The molecule has 0 bridgehead atoms. The van der Waals surface area contributed by atoms with Crippen molar-refractivity contribution in [3.05, 3.63) is 34.9 Å². The van der Waals surface area contributed by atoms with Gasteiger partial charge in [0.1, 0.15) is 0 Å². The Morgan fingerprint density at radius 3 is 2.38 bits per heavy atom. The lowest BCUT2D eigenvalue weighted by molar-refractivity contribution is -0.127. The van der Waals surface area contributed by atoms with Crippen molar-refractivity contribution in [3.63, 3.8) is 0 Å². The van der Waals surface area contributed by atoms with E-state index in [4.69, 9.17) is 11.6 Å². The lowest BCUT2D eigenvalue weighted by Gasteiger charge is -2.33. The smallest absolute Gasteiger partial charge is 0.223 e. The van der Waals surface area contributed by atoms with E-state index in [-0.39, 0.29) is 17.9 Å². The lowest BCUT2D eigenvalue weighted by Crippen LogP contribution is -2.47. The first-order valence-electron chi connectivity index (χ1n) is 9.14. The van der Waals surface area contributed by atoms with Crippen LogP contribution in [0.3, 0.4) is 0 Å². The van der Waals surface area contributed by atoms with Gasteiger partial charge < -0.3 is 5.32 Å². The zero-order valence-electron chi connectivity index (χ0n) is 15.4. The van der Waals surface area contributed by atoms with Crippen LogP contribution >= 0.6 is 11.6 Å². The number of rotatable bonds is 6. The Balaban J connectivity index is 1.82. The average Bonchev–Trinajstić information content (AvgIpc) is 2.52. The highest BCUT2D eigenvalue weighted by molar-refractivity contribution is 6.30. The number of nitrogens with zero attached hydrogens (tertiary/aromatic N) is 1. The van der Waals surface area contributed by atoms with Crippen LogP contribution in [0.2, 0.25) is 5.02 Å². The van der Waals surface area contributed by atoms with Crippen molar-refractivity contribution in [2.75, 3.05) is 13.1 Å². The number of halogens is 1. The first-order valence-corrected chi connectivity index (χ1v) is 9.51. The molecule has 0 spiro atoms. The van der Waals surface area contributed by atoms with Gasteiger partial charge in [-0.1, -0.05) is 51.4 Å². The van der Waals surface area contributed by atoms with Gasteiger partial charge in [-0.2, -0.15) is 0 Å². The first-order chi connectivity index (χ1) is 11.4. The van der Waals surface area contributed by atoms with Crippen molar-refractivity contribution in [1.82, 2.24) is 10.2 Å². The molecular formula is C20H31ClN2O. The average molecular weight is 351 g/mol. The topological polar surface area (TPSA) is 32.3 Å². The largest absolute Gasteiger partial charge is 0.353 e. The maximum Gasteiger partial charge on any atom is 0.223 e. The van der Waals surface area contributed by atoms with Gasteiger partial charge in [-0.25, -0.2) is 0 Å². The molecule has 1 heterocycles. The van der Waals surface area contributed by atoms with E-state index in [9.17, 15) is 4.79 Å². The molecule has 0 atom stereocenters. The van der Waals surface area contributed by atoms with E-state index in [2.05, 4.69) is 44.0 Å². The fourth-order valence-electron chi connectivity index (χ4n) is 3.63. The second-order valence-electron chi connectivity index (χ2n) is 7.70. The number of benzene rings is 1. The molecule has 4 heteroatoms. The molecule has 1 N–H and O–H groups in total. The minimum Gasteiger partial charge on any atom is -0.353 e. The predicted molar refractivity (Wildman–Crippen MR) is 101 cm³/mol. The SMILES string of the molecule is CC(C)C(NC(=O)C1CCN(Cc2cccc(Cl)c2)CC1)C(C)C. The molecule has 1 aliphatic heterocycles. The molecule has 24 heavy (non-hydrogen) atoms. The molecule has 0 saturated carbocycles. The summed E-state index contributed by atoms with van der Waals surface area (Å²) < 4.78 is 0. The van der Waals surface area contributed by atoms with Crippen LogP contribution in [-0.4, -0.2) is 29.9 Å². The Morgan fingerprint density at radius 1 is 1.21 bits per heavy atom. The fourth-order valence-corrected chi connectivity index (χ4v) is 3.84. The number of nitrogens with one attached hydrogen (secondary N) is 1. The van der Waals surface area contributed by atoms with Gasteiger partial charge in [0.15, 0.2) is 0 Å². The predicted octanol–water partition coefficient (Wildman–Crippen LogP) is 4.35. The zero-order chi connectivity index (χ0) is 17.7. The van der Waals surface area contributed by atoms with Crippen LogP contribution in [0, 0.1) is 17.8 Å². The summed E-state index contributed by atoms with van der Waals surface area (Å²) in [7, 11) is 0. The minimum atomic E-state index is 0.153. The summed E-state index contributed by atoms with van der Waals surface area (Å²) >= 11 is 6.06. The highest BCUT2D eigenvalue weighted by atomic mass is 35.5. The van der Waals surface area contributed by atoms with Gasteiger partial charge in [0.2, 0.25) is 5.91 Å². The van der Waals surface area contributed by atoms with Crippen LogP contribution in [0.15, 0.2) is 24.3 Å². The van der Waals surface area contributed by atoms with E-state index >= 15 is 0 Å². The van der Waals surface area contributed by atoms with Gasteiger partial charge in [0.05, 0.1) is 0 Å². The van der Waals surface area contributed by atoms with Crippen LogP contribution in [0.25, 0.3) is 0 Å². The molecule has 1 aromatic carbocycles. The summed E-state index contributed by atoms with van der Waals surface area (Å²) in [4.78, 5) is 15.0. The van der Waals surface area contributed by atoms with Crippen molar-refractivity contribution in [1.29, 1.82) is 0 Å². The summed E-state index contributed by atoms with van der Waals surface area (Å²) in [5.41, 5.74) is 1.24. The van der Waals surface area contributed by atoms with Crippen LogP contribution in [0.5, 0.6) is 0 Å². The molecule has 0 aromatic heterocycles. The number of likely N-dealkylation sites (tertiary alicyclic amines) is 1. The first kappa shape index (κ1) is 19.3. The maximum absolute atomic E-state index is 12.6. The van der Waals surface area contributed by atoms with Gasteiger partial charge >= 0.3 is 0 Å². The summed E-state index contributed by atoms with van der Waals surface area (Å²) in [6, 6.07) is 8.30. The molecule has 1 amide bonds. The van der Waals surface area contributed by atoms with Crippen molar-refractivity contribution in [3.8, 4) is 0 Å². The Bertz CT molecular complexity index is 528. The summed E-state index contributed by atoms with van der Waals surface area (Å²) in [5, 5.41) is 4.07. The summed E-state index contributed by atoms with van der Waals surface area (Å²) in [5.74, 6) is 1.33. The van der Waals surface area contributed by atoms with Gasteiger partial charge in [0.25, 0.3) is 0 Å². The van der Waals surface area contributed by atoms with Crippen molar-refractivity contribution >= 4 is 17.5 Å². The number of hydrogen-bond donors (Lipinski definition) is 1. The lowest BCUT2D eigenvalue weighted by atomic mass is 9.90. The molecule has 1 aliphatic rings. The van der Waals surface area contributed by atoms with Gasteiger partial charge in [-0.3, -0.25) is 9.69 Å². The van der Waals surface area contributed by atoms with E-state index < -0.39 is 0 Å². The third-order valence-electron chi connectivity index (χ3n) is 5.00. The number of carbonyl (C=O) groups is 1. The zero-order valence-corrected chi connectivity index (χ0v) is 16.1. The highest BCUT2D eigenvalue weighted by Gasteiger charge is 2.28. The van der Waals surface area contributed by atoms with Crippen LogP contribution < -0.4 is 5.32 Å². The van der Waals surface area contributed by atoms with Gasteiger partial charge in [0, 0.05) is 23.5 Å². The number of hydrogen-bond acceptors (Lipinski definition) is 2. The second kappa shape index (κ2) is 8.87.